The molecule has 2 N–H and O–H groups in total. The van der Waals surface area contributed by atoms with E-state index in [0.717, 1.165) is 11.1 Å². The first-order chi connectivity index (χ1) is 13.0. The number of esters is 1. The normalized spacial score (nSPS) is 15.7. The van der Waals surface area contributed by atoms with Gasteiger partial charge in [0.15, 0.2) is 5.16 Å². The summed E-state index contributed by atoms with van der Waals surface area (Å²) < 4.78 is 4.99. The van der Waals surface area contributed by atoms with Gasteiger partial charge in [-0.1, -0.05) is 47.7 Å². The van der Waals surface area contributed by atoms with Crippen LogP contribution in [0, 0.1) is 6.92 Å². The number of nitrogens with one attached hydrogen (secondary N) is 2. The molecule has 0 aliphatic carbocycles. The molecule has 0 unspecified atom stereocenters. The minimum Gasteiger partial charge on any atom is -0.466 e. The van der Waals surface area contributed by atoms with Gasteiger partial charge in [0.05, 0.1) is 24.2 Å². The van der Waals surface area contributed by atoms with Crippen LogP contribution in [0.5, 0.6) is 0 Å². The predicted molar refractivity (Wildman–Crippen MR) is 107 cm³/mol. The van der Waals surface area contributed by atoms with Crippen molar-refractivity contribution in [3.05, 3.63) is 75.2 Å². The molecule has 1 aromatic carbocycles. The van der Waals surface area contributed by atoms with Crippen LogP contribution in [0.1, 0.15) is 29.5 Å². The topological polar surface area (TPSA) is 84.1 Å². The summed E-state index contributed by atoms with van der Waals surface area (Å²) in [6.45, 7) is 7.44. The van der Waals surface area contributed by atoms with Gasteiger partial charge in [0.1, 0.15) is 5.82 Å². The Bertz CT molecular complexity index is 994. The fraction of sp³-hybridized carbons (Fsp3) is 0.250. The van der Waals surface area contributed by atoms with Gasteiger partial charge < -0.3 is 15.0 Å². The Morgan fingerprint density at radius 2 is 2.19 bits per heavy atom. The number of nitrogens with zero attached hydrogens (tertiary/aromatic N) is 1. The third-order valence-corrected chi connectivity index (χ3v) is 5.21. The minimum atomic E-state index is -0.552. The molecular weight excluding hydrogens is 362 g/mol. The number of thioether (sulfide) groups is 1. The summed E-state index contributed by atoms with van der Waals surface area (Å²) in [7, 11) is 1.34. The van der Waals surface area contributed by atoms with E-state index < -0.39 is 11.9 Å². The molecular formula is C20H21N3O3S. The van der Waals surface area contributed by atoms with Crippen LogP contribution >= 0.6 is 11.8 Å². The molecule has 0 fully saturated rings. The summed E-state index contributed by atoms with van der Waals surface area (Å²) in [6, 6.07) is 7.75. The number of fused-ring (bicyclic) bond motifs is 1. The molecule has 1 aliphatic rings. The van der Waals surface area contributed by atoms with Crippen molar-refractivity contribution in [2.45, 2.75) is 24.9 Å². The third kappa shape index (κ3) is 3.68. The van der Waals surface area contributed by atoms with E-state index in [0.29, 0.717) is 33.6 Å². The number of ether oxygens (including phenoxy) is 1. The van der Waals surface area contributed by atoms with Gasteiger partial charge in [-0.2, -0.15) is 0 Å². The van der Waals surface area contributed by atoms with Crippen molar-refractivity contribution >= 4 is 23.5 Å². The molecule has 0 saturated heterocycles. The number of rotatable bonds is 5. The van der Waals surface area contributed by atoms with E-state index in [1.54, 1.807) is 13.0 Å². The lowest BCUT2D eigenvalue weighted by Gasteiger charge is -2.28. The van der Waals surface area contributed by atoms with Crippen LogP contribution in [0.25, 0.3) is 0 Å². The highest BCUT2D eigenvalue weighted by atomic mass is 32.2. The third-order valence-electron chi connectivity index (χ3n) is 4.34. The molecule has 140 valence electrons. The van der Waals surface area contributed by atoms with Crippen LogP contribution in [0.3, 0.4) is 0 Å². The number of allylic oxidation sites excluding steroid dienone is 1. The molecule has 2 aromatic rings. The molecule has 1 aromatic heterocycles. The Morgan fingerprint density at radius 3 is 2.85 bits per heavy atom. The summed E-state index contributed by atoms with van der Waals surface area (Å²) >= 11 is 1.39. The highest BCUT2D eigenvalue weighted by Gasteiger charge is 2.36. The minimum absolute atomic E-state index is 0.278. The van der Waals surface area contributed by atoms with E-state index in [4.69, 9.17) is 4.74 Å². The number of benzene rings is 1. The molecule has 0 radical (unpaired) electrons. The second-order valence-electron chi connectivity index (χ2n) is 6.24. The van der Waals surface area contributed by atoms with Crippen molar-refractivity contribution in [1.29, 1.82) is 0 Å². The van der Waals surface area contributed by atoms with Crippen LogP contribution in [-0.2, 0) is 9.53 Å². The highest BCUT2D eigenvalue weighted by molar-refractivity contribution is 7.99. The first-order valence-electron chi connectivity index (χ1n) is 8.46. The van der Waals surface area contributed by atoms with Crippen molar-refractivity contribution in [3.63, 3.8) is 0 Å². The van der Waals surface area contributed by atoms with Crippen LogP contribution in [0.4, 0.5) is 5.82 Å². The zero-order chi connectivity index (χ0) is 19.6. The Balaban J connectivity index is 2.23. The van der Waals surface area contributed by atoms with Crippen molar-refractivity contribution in [1.82, 2.24) is 9.97 Å². The van der Waals surface area contributed by atoms with E-state index in [-0.39, 0.29) is 5.56 Å². The SMILES string of the molecule is C=CCSc1nc2c(c(=O)[nH]1)[C@H](c1cccc(C)c1)C(C(=O)OC)=C(C)N2. The molecule has 0 spiro atoms. The monoisotopic (exact) mass is 383 g/mol. The zero-order valence-electron chi connectivity index (χ0n) is 15.5. The van der Waals surface area contributed by atoms with E-state index in [2.05, 4.69) is 21.9 Å². The molecule has 7 heteroatoms. The first kappa shape index (κ1) is 19.0. The van der Waals surface area contributed by atoms with Crippen LogP contribution in [-0.4, -0.2) is 28.8 Å². The number of aromatic amines is 1. The Morgan fingerprint density at radius 1 is 1.41 bits per heavy atom. The maximum atomic E-state index is 12.9. The molecule has 6 nitrogen and oxygen atoms in total. The number of carbonyl (C=O) groups excluding carboxylic acids is 1. The number of carbonyl (C=O) groups is 1. The number of hydrogen-bond acceptors (Lipinski definition) is 6. The number of aromatic nitrogens is 2. The summed E-state index contributed by atoms with van der Waals surface area (Å²) in [6.07, 6.45) is 1.74. The summed E-state index contributed by atoms with van der Waals surface area (Å²) in [5.74, 6) is 0.0672. The second kappa shape index (κ2) is 7.84. The van der Waals surface area contributed by atoms with E-state index in [1.165, 1.54) is 18.9 Å². The number of H-pyrrole nitrogens is 1. The van der Waals surface area contributed by atoms with Gasteiger partial charge in [0.25, 0.3) is 5.56 Å². The number of methoxy groups -OCH3 is 1. The molecule has 1 atom stereocenters. The summed E-state index contributed by atoms with van der Waals surface area (Å²) in [5.41, 5.74) is 3.05. The lowest BCUT2D eigenvalue weighted by atomic mass is 9.82. The molecule has 27 heavy (non-hydrogen) atoms. The Labute approximate surface area is 161 Å². The van der Waals surface area contributed by atoms with Crippen molar-refractivity contribution in [3.8, 4) is 0 Å². The largest absolute Gasteiger partial charge is 0.466 e. The number of aryl methyl sites for hydroxylation is 1. The molecule has 2 heterocycles. The highest BCUT2D eigenvalue weighted by Crippen LogP contribution is 2.40. The van der Waals surface area contributed by atoms with Gasteiger partial charge in [0.2, 0.25) is 0 Å². The second-order valence-corrected chi connectivity index (χ2v) is 7.24. The average Bonchev–Trinajstić information content (AvgIpc) is 2.64. The molecule has 0 bridgehead atoms. The standard InChI is InChI=1S/C20H21N3O3S/c1-5-9-27-20-22-17-16(18(24)23-20)15(13-8-6-7-11(2)10-13)14(12(3)21-17)19(25)26-4/h5-8,10,15H,1,9H2,2-4H3,(H2,21,22,23,24)/t15-/m1/s1. The van der Waals surface area contributed by atoms with Crippen LogP contribution < -0.4 is 10.9 Å². The number of anilines is 1. The first-order valence-corrected chi connectivity index (χ1v) is 9.45. The molecule has 0 amide bonds. The quantitative estimate of drug-likeness (QED) is 0.356. The van der Waals surface area contributed by atoms with E-state index in [9.17, 15) is 9.59 Å². The fourth-order valence-corrected chi connectivity index (χ4v) is 3.80. The maximum absolute atomic E-state index is 12.9. The Hall–Kier alpha value is -2.80. The number of hydrogen-bond donors (Lipinski definition) is 2. The average molecular weight is 383 g/mol. The molecule has 3 rings (SSSR count). The van der Waals surface area contributed by atoms with Crippen molar-refractivity contribution in [2.75, 3.05) is 18.2 Å². The van der Waals surface area contributed by atoms with E-state index in [1.807, 2.05) is 31.2 Å². The maximum Gasteiger partial charge on any atom is 0.336 e. The summed E-state index contributed by atoms with van der Waals surface area (Å²) in [5, 5.41) is 3.61. The molecule has 0 saturated carbocycles. The Kier molecular flexibility index (Phi) is 5.51. The van der Waals surface area contributed by atoms with Crippen molar-refractivity contribution < 1.29 is 9.53 Å². The lowest BCUT2D eigenvalue weighted by Crippen LogP contribution is -2.31. The fourth-order valence-electron chi connectivity index (χ4n) is 3.20. The van der Waals surface area contributed by atoms with Crippen LogP contribution in [0.15, 0.2) is 58.1 Å². The zero-order valence-corrected chi connectivity index (χ0v) is 16.3. The van der Waals surface area contributed by atoms with Gasteiger partial charge >= 0.3 is 5.97 Å². The van der Waals surface area contributed by atoms with Gasteiger partial charge in [-0.25, -0.2) is 9.78 Å². The van der Waals surface area contributed by atoms with Gasteiger partial charge in [-0.05, 0) is 19.4 Å². The van der Waals surface area contributed by atoms with Crippen LogP contribution in [0.2, 0.25) is 0 Å². The smallest absolute Gasteiger partial charge is 0.336 e. The lowest BCUT2D eigenvalue weighted by molar-refractivity contribution is -0.136. The van der Waals surface area contributed by atoms with Crippen molar-refractivity contribution in [2.24, 2.45) is 0 Å². The summed E-state index contributed by atoms with van der Waals surface area (Å²) in [4.78, 5) is 32.8. The van der Waals surface area contributed by atoms with Gasteiger partial charge in [-0.3, -0.25) is 4.79 Å². The predicted octanol–water partition coefficient (Wildman–Crippen LogP) is 3.36. The van der Waals surface area contributed by atoms with Gasteiger partial charge in [-0.15, -0.1) is 6.58 Å². The van der Waals surface area contributed by atoms with E-state index >= 15 is 0 Å². The molecule has 1 aliphatic heterocycles. The van der Waals surface area contributed by atoms with Gasteiger partial charge in [0, 0.05) is 11.4 Å².